The van der Waals surface area contributed by atoms with Crippen molar-refractivity contribution in [3.8, 4) is 0 Å². The van der Waals surface area contributed by atoms with Gasteiger partial charge in [0.25, 0.3) is 0 Å². The van der Waals surface area contributed by atoms with E-state index in [4.69, 9.17) is 9.47 Å². The van der Waals surface area contributed by atoms with Crippen LogP contribution in [0.1, 0.15) is 0 Å². The Morgan fingerprint density at radius 1 is 1.18 bits per heavy atom. The molecule has 0 atom stereocenters. The van der Waals surface area contributed by atoms with Gasteiger partial charge in [-0.2, -0.15) is 0 Å². The van der Waals surface area contributed by atoms with Crippen molar-refractivity contribution in [1.29, 1.82) is 0 Å². The van der Waals surface area contributed by atoms with Gasteiger partial charge in [-0.3, -0.25) is 0 Å². The van der Waals surface area contributed by atoms with Crippen molar-refractivity contribution in [2.45, 2.75) is 0 Å². The molecule has 1 aliphatic heterocycles. The first-order chi connectivity index (χ1) is 5.47. The lowest BCUT2D eigenvalue weighted by Crippen LogP contribution is -2.11. The van der Waals surface area contributed by atoms with Crippen LogP contribution in [0.25, 0.3) is 0 Å². The fourth-order valence-electron chi connectivity index (χ4n) is 1.00. The van der Waals surface area contributed by atoms with E-state index in [2.05, 4.69) is 5.73 Å². The van der Waals surface area contributed by atoms with Crippen LogP contribution in [-0.4, -0.2) is 13.2 Å². The predicted octanol–water partition coefficient (Wildman–Crippen LogP) is 1.53. The third kappa shape index (κ3) is 1.21. The van der Waals surface area contributed by atoms with E-state index < -0.39 is 0 Å². The van der Waals surface area contributed by atoms with Gasteiger partial charge in [0, 0.05) is 6.08 Å². The van der Waals surface area contributed by atoms with E-state index in [0.29, 0.717) is 13.2 Å². The van der Waals surface area contributed by atoms with Crippen molar-refractivity contribution >= 4 is 0 Å². The van der Waals surface area contributed by atoms with Gasteiger partial charge in [0.2, 0.25) is 0 Å². The molecule has 2 rings (SSSR count). The van der Waals surface area contributed by atoms with Crippen molar-refractivity contribution in [3.63, 3.8) is 0 Å². The second-order valence-corrected chi connectivity index (χ2v) is 2.26. The highest BCUT2D eigenvalue weighted by Crippen LogP contribution is 2.16. The van der Waals surface area contributed by atoms with Gasteiger partial charge >= 0.3 is 0 Å². The molecule has 0 aromatic rings. The molecule has 0 fully saturated rings. The quantitative estimate of drug-likeness (QED) is 0.485. The SMILES string of the molecule is C1=CC=CC2=C(C=1)OCCO2. The highest BCUT2D eigenvalue weighted by molar-refractivity contribution is 5.30. The zero-order chi connectivity index (χ0) is 7.52. The summed E-state index contributed by atoms with van der Waals surface area (Å²) in [5.41, 5.74) is 2.95. The molecule has 0 aromatic heterocycles. The molecule has 2 aliphatic rings. The molecule has 0 saturated carbocycles. The zero-order valence-electron chi connectivity index (χ0n) is 6.04. The Morgan fingerprint density at radius 2 is 2.00 bits per heavy atom. The average Bonchev–Trinajstić information content (AvgIpc) is 2.28. The molecule has 1 aliphatic carbocycles. The van der Waals surface area contributed by atoms with Crippen LogP contribution in [0, 0.1) is 0 Å². The van der Waals surface area contributed by atoms with Crippen LogP contribution in [0.3, 0.4) is 0 Å². The molecule has 1 heterocycles. The standard InChI is InChI=1S/C9H8O2/c1-2-4-8-9(5-3-1)11-7-6-10-8/h1-2,4-5H,6-7H2. The van der Waals surface area contributed by atoms with Gasteiger partial charge in [-0.1, -0.05) is 6.08 Å². The lowest BCUT2D eigenvalue weighted by atomic mass is 10.3. The molecule has 0 radical (unpaired) electrons. The molecule has 2 heteroatoms. The number of ether oxygens (including phenoxy) is 2. The van der Waals surface area contributed by atoms with E-state index in [0.717, 1.165) is 11.5 Å². The molecular formula is C9H8O2. The summed E-state index contributed by atoms with van der Waals surface area (Å²) in [5.74, 6) is 1.58. The molecule has 0 N–H and O–H groups in total. The lowest BCUT2D eigenvalue weighted by molar-refractivity contribution is 0.0770. The summed E-state index contributed by atoms with van der Waals surface area (Å²) in [7, 11) is 0. The highest BCUT2D eigenvalue weighted by atomic mass is 16.6. The topological polar surface area (TPSA) is 18.5 Å². The van der Waals surface area contributed by atoms with E-state index >= 15 is 0 Å². The second kappa shape index (κ2) is 2.69. The van der Waals surface area contributed by atoms with Gasteiger partial charge in [0.15, 0.2) is 11.5 Å². The van der Waals surface area contributed by atoms with Crippen LogP contribution in [-0.2, 0) is 9.47 Å². The predicted molar refractivity (Wildman–Crippen MR) is 40.7 cm³/mol. The third-order valence-electron chi connectivity index (χ3n) is 1.50. The first kappa shape index (κ1) is 6.32. The summed E-state index contributed by atoms with van der Waals surface area (Å²) in [6, 6.07) is 0. The normalized spacial score (nSPS) is 20.4. The Bertz CT molecular complexity index is 278. The fourth-order valence-corrected chi connectivity index (χ4v) is 1.00. The summed E-state index contributed by atoms with van der Waals surface area (Å²) >= 11 is 0. The molecule has 0 unspecified atom stereocenters. The molecule has 11 heavy (non-hydrogen) atoms. The van der Waals surface area contributed by atoms with Gasteiger partial charge in [0.05, 0.1) is 0 Å². The van der Waals surface area contributed by atoms with E-state index in [9.17, 15) is 0 Å². The maximum Gasteiger partial charge on any atom is 0.169 e. The van der Waals surface area contributed by atoms with E-state index in [1.807, 2.05) is 18.2 Å². The number of hydrogen-bond donors (Lipinski definition) is 0. The number of rotatable bonds is 0. The summed E-state index contributed by atoms with van der Waals surface area (Å²) < 4.78 is 10.7. The van der Waals surface area contributed by atoms with Gasteiger partial charge in [-0.15, -0.1) is 5.73 Å². The van der Waals surface area contributed by atoms with Crippen LogP contribution in [0.2, 0.25) is 0 Å². The van der Waals surface area contributed by atoms with E-state index in [1.54, 1.807) is 6.08 Å². The third-order valence-corrected chi connectivity index (χ3v) is 1.50. The van der Waals surface area contributed by atoms with Crippen molar-refractivity contribution < 1.29 is 9.47 Å². The summed E-state index contributed by atoms with van der Waals surface area (Å²) in [6.45, 7) is 1.27. The molecular weight excluding hydrogens is 140 g/mol. The smallest absolute Gasteiger partial charge is 0.169 e. The van der Waals surface area contributed by atoms with Crippen molar-refractivity contribution in [2.24, 2.45) is 0 Å². The van der Waals surface area contributed by atoms with Gasteiger partial charge in [-0.25, -0.2) is 0 Å². The minimum atomic E-state index is 0.630. The highest BCUT2D eigenvalue weighted by Gasteiger charge is 2.10. The first-order valence-electron chi connectivity index (χ1n) is 3.56. The Kier molecular flexibility index (Phi) is 1.54. The van der Waals surface area contributed by atoms with Crippen molar-refractivity contribution in [1.82, 2.24) is 0 Å². The first-order valence-corrected chi connectivity index (χ1v) is 3.56. The maximum absolute atomic E-state index is 5.34. The average molecular weight is 148 g/mol. The van der Waals surface area contributed by atoms with E-state index in [-0.39, 0.29) is 0 Å². The lowest BCUT2D eigenvalue weighted by Gasteiger charge is -2.17. The largest absolute Gasteiger partial charge is 0.486 e. The van der Waals surface area contributed by atoms with Gasteiger partial charge in [0.1, 0.15) is 13.2 Å². The van der Waals surface area contributed by atoms with Crippen molar-refractivity contribution in [3.05, 3.63) is 41.6 Å². The molecule has 0 amide bonds. The molecule has 0 aromatic carbocycles. The van der Waals surface area contributed by atoms with Gasteiger partial charge < -0.3 is 9.47 Å². The minimum absolute atomic E-state index is 0.630. The molecule has 0 saturated heterocycles. The number of hydrogen-bond acceptors (Lipinski definition) is 2. The molecule has 0 spiro atoms. The van der Waals surface area contributed by atoms with Crippen LogP contribution in [0.5, 0.6) is 0 Å². The summed E-state index contributed by atoms with van der Waals surface area (Å²) in [6.07, 6.45) is 7.37. The van der Waals surface area contributed by atoms with Crippen LogP contribution in [0.15, 0.2) is 41.6 Å². The van der Waals surface area contributed by atoms with E-state index in [1.165, 1.54) is 0 Å². The Hall–Kier alpha value is -1.40. The second-order valence-electron chi connectivity index (χ2n) is 2.26. The molecule has 56 valence electrons. The number of allylic oxidation sites excluding steroid dienone is 3. The Balaban J connectivity index is 2.38. The van der Waals surface area contributed by atoms with Gasteiger partial charge in [-0.05, 0) is 12.2 Å². The zero-order valence-corrected chi connectivity index (χ0v) is 6.04. The summed E-state index contributed by atoms with van der Waals surface area (Å²) in [5, 5.41) is 0. The van der Waals surface area contributed by atoms with Crippen LogP contribution in [0.4, 0.5) is 0 Å². The maximum atomic E-state index is 5.34. The van der Waals surface area contributed by atoms with Crippen LogP contribution >= 0.6 is 0 Å². The molecule has 2 nitrogen and oxygen atoms in total. The minimum Gasteiger partial charge on any atom is -0.486 e. The van der Waals surface area contributed by atoms with Crippen LogP contribution < -0.4 is 0 Å². The molecule has 0 bridgehead atoms. The fraction of sp³-hybridized carbons (Fsp3) is 0.222. The summed E-state index contributed by atoms with van der Waals surface area (Å²) in [4.78, 5) is 0. The Morgan fingerprint density at radius 3 is 2.91 bits per heavy atom. The Labute approximate surface area is 65.1 Å². The van der Waals surface area contributed by atoms with Crippen molar-refractivity contribution in [2.75, 3.05) is 13.2 Å². The monoisotopic (exact) mass is 148 g/mol.